The van der Waals surface area contributed by atoms with Gasteiger partial charge < -0.3 is 25.8 Å². The van der Waals surface area contributed by atoms with Crippen LogP contribution in [0.1, 0.15) is 5.56 Å². The Labute approximate surface area is 171 Å². The number of rotatable bonds is 7. The lowest BCUT2D eigenvalue weighted by Crippen LogP contribution is -2.37. The van der Waals surface area contributed by atoms with Crippen LogP contribution in [0.3, 0.4) is 0 Å². The van der Waals surface area contributed by atoms with Crippen molar-refractivity contribution in [3.63, 3.8) is 0 Å². The van der Waals surface area contributed by atoms with Gasteiger partial charge in [-0.15, -0.1) is 0 Å². The SMILES string of the molecule is N=C(N)/C(=C\C(N)=Nc1nc(N2CCOCC2)ncc1F)c1ccc(OCF)cc1. The molecule has 0 radical (unpaired) electrons. The van der Waals surface area contributed by atoms with Crippen molar-refractivity contribution in [2.75, 3.05) is 38.1 Å². The van der Waals surface area contributed by atoms with E-state index in [1.807, 2.05) is 4.90 Å². The number of anilines is 1. The van der Waals surface area contributed by atoms with Gasteiger partial charge in [0.15, 0.2) is 11.6 Å². The number of ether oxygens (including phenoxy) is 2. The van der Waals surface area contributed by atoms with E-state index in [1.54, 1.807) is 12.1 Å². The van der Waals surface area contributed by atoms with Crippen molar-refractivity contribution >= 4 is 29.0 Å². The zero-order valence-corrected chi connectivity index (χ0v) is 16.0. The van der Waals surface area contributed by atoms with Crippen LogP contribution in [-0.4, -0.2) is 54.8 Å². The summed E-state index contributed by atoms with van der Waals surface area (Å²) < 4.78 is 36.5. The van der Waals surface area contributed by atoms with Crippen molar-refractivity contribution in [3.8, 4) is 5.75 Å². The van der Waals surface area contributed by atoms with E-state index in [0.717, 1.165) is 6.20 Å². The second-order valence-electron chi connectivity index (χ2n) is 6.23. The molecule has 11 heteroatoms. The summed E-state index contributed by atoms with van der Waals surface area (Å²) in [5.74, 6) is -0.690. The summed E-state index contributed by atoms with van der Waals surface area (Å²) >= 11 is 0. The molecule has 0 unspecified atom stereocenters. The molecule has 3 rings (SSSR count). The smallest absolute Gasteiger partial charge is 0.228 e. The van der Waals surface area contributed by atoms with Crippen LogP contribution < -0.4 is 21.1 Å². The van der Waals surface area contributed by atoms with E-state index < -0.39 is 12.7 Å². The fraction of sp³-hybridized carbons (Fsp3) is 0.263. The second-order valence-corrected chi connectivity index (χ2v) is 6.23. The van der Waals surface area contributed by atoms with E-state index in [4.69, 9.17) is 26.4 Å². The molecular formula is C19H21F2N7O2. The molecule has 0 atom stereocenters. The second kappa shape index (κ2) is 9.74. The lowest BCUT2D eigenvalue weighted by Gasteiger charge is -2.26. The Morgan fingerprint density at radius 1 is 1.27 bits per heavy atom. The molecule has 1 aliphatic heterocycles. The van der Waals surface area contributed by atoms with Gasteiger partial charge in [-0.2, -0.15) is 4.98 Å². The molecule has 9 nitrogen and oxygen atoms in total. The average molecular weight is 417 g/mol. The number of benzene rings is 1. The highest BCUT2D eigenvalue weighted by Gasteiger charge is 2.16. The molecule has 0 bridgehead atoms. The highest BCUT2D eigenvalue weighted by atomic mass is 19.1. The quantitative estimate of drug-likeness (QED) is 0.461. The van der Waals surface area contributed by atoms with Crippen LogP contribution in [0.25, 0.3) is 5.57 Å². The van der Waals surface area contributed by atoms with Crippen LogP contribution in [0.15, 0.2) is 41.5 Å². The minimum absolute atomic E-state index is 0.102. The molecule has 5 N–H and O–H groups in total. The zero-order valence-electron chi connectivity index (χ0n) is 16.0. The van der Waals surface area contributed by atoms with Crippen LogP contribution in [0.5, 0.6) is 5.75 Å². The molecule has 0 saturated carbocycles. The minimum atomic E-state index is -0.953. The van der Waals surface area contributed by atoms with Crippen LogP contribution in [0, 0.1) is 11.2 Å². The number of amidine groups is 2. The molecular weight excluding hydrogens is 396 g/mol. The standard InChI is InChI=1S/C19H21F2N7O2/c20-11-30-13-3-1-12(2-4-13)14(17(23)24)9-16(22)26-18-15(21)10-25-19(27-18)28-5-7-29-8-6-28/h1-4,9-10H,5-8,11H2,(H3,23,24)(H2,22,25,26,27)/b14-9-. The molecule has 0 aliphatic carbocycles. The van der Waals surface area contributed by atoms with Crippen molar-refractivity contribution in [1.82, 2.24) is 9.97 Å². The summed E-state index contributed by atoms with van der Waals surface area (Å²) in [6.45, 7) is 1.27. The Bertz CT molecular complexity index is 958. The van der Waals surface area contributed by atoms with E-state index in [0.29, 0.717) is 43.6 Å². The molecule has 1 aromatic heterocycles. The predicted octanol–water partition coefficient (Wildman–Crippen LogP) is 1.77. The van der Waals surface area contributed by atoms with Crippen molar-refractivity contribution < 1.29 is 18.3 Å². The third-order valence-electron chi connectivity index (χ3n) is 4.21. The van der Waals surface area contributed by atoms with Gasteiger partial charge in [-0.1, -0.05) is 12.1 Å². The number of nitrogens with one attached hydrogen (secondary N) is 1. The van der Waals surface area contributed by atoms with Gasteiger partial charge in [-0.25, -0.2) is 18.8 Å². The number of hydrogen-bond donors (Lipinski definition) is 3. The Hall–Kier alpha value is -3.60. The van der Waals surface area contributed by atoms with Crippen molar-refractivity contribution in [2.45, 2.75) is 0 Å². The highest BCUT2D eigenvalue weighted by Crippen LogP contribution is 2.21. The van der Waals surface area contributed by atoms with Gasteiger partial charge in [0.2, 0.25) is 12.8 Å². The Morgan fingerprint density at radius 2 is 1.97 bits per heavy atom. The first-order valence-electron chi connectivity index (χ1n) is 9.02. The Kier molecular flexibility index (Phi) is 6.86. The van der Waals surface area contributed by atoms with Crippen LogP contribution in [0.2, 0.25) is 0 Å². The van der Waals surface area contributed by atoms with E-state index in [2.05, 4.69) is 15.0 Å². The summed E-state index contributed by atoms with van der Waals surface area (Å²) in [4.78, 5) is 14.0. The lowest BCUT2D eigenvalue weighted by molar-refractivity contribution is 0.122. The fourth-order valence-corrected chi connectivity index (χ4v) is 2.76. The summed E-state index contributed by atoms with van der Waals surface area (Å²) in [5.41, 5.74) is 12.4. The summed E-state index contributed by atoms with van der Waals surface area (Å²) in [7, 11) is 0. The number of halogens is 2. The summed E-state index contributed by atoms with van der Waals surface area (Å²) in [6.07, 6.45) is 2.37. The Balaban J connectivity index is 1.88. The Morgan fingerprint density at radius 3 is 2.60 bits per heavy atom. The van der Waals surface area contributed by atoms with E-state index >= 15 is 0 Å². The number of aromatic nitrogens is 2. The fourth-order valence-electron chi connectivity index (χ4n) is 2.76. The first kappa shape index (κ1) is 21.1. The largest absolute Gasteiger partial charge is 0.463 e. The van der Waals surface area contributed by atoms with Gasteiger partial charge >= 0.3 is 0 Å². The van der Waals surface area contributed by atoms with Crippen molar-refractivity contribution in [2.24, 2.45) is 16.5 Å². The van der Waals surface area contributed by atoms with Gasteiger partial charge in [-0.05, 0) is 23.8 Å². The maximum Gasteiger partial charge on any atom is 0.228 e. The number of nitrogens with two attached hydrogens (primary N) is 2. The number of morpholine rings is 1. The first-order valence-corrected chi connectivity index (χ1v) is 9.02. The third kappa shape index (κ3) is 5.26. The molecule has 2 heterocycles. The number of nitrogens with zero attached hydrogens (tertiary/aromatic N) is 4. The monoisotopic (exact) mass is 417 g/mol. The molecule has 1 aromatic carbocycles. The predicted molar refractivity (Wildman–Crippen MR) is 109 cm³/mol. The van der Waals surface area contributed by atoms with Crippen molar-refractivity contribution in [3.05, 3.63) is 47.9 Å². The topological polar surface area (TPSA) is 136 Å². The van der Waals surface area contributed by atoms with E-state index in [-0.39, 0.29) is 23.1 Å². The normalized spacial score (nSPS) is 15.2. The van der Waals surface area contributed by atoms with E-state index in [1.165, 1.54) is 18.2 Å². The van der Waals surface area contributed by atoms with Crippen LogP contribution in [0.4, 0.5) is 20.5 Å². The van der Waals surface area contributed by atoms with Gasteiger partial charge in [-0.3, -0.25) is 5.41 Å². The number of hydrogen-bond acceptors (Lipinski definition) is 7. The highest BCUT2D eigenvalue weighted by molar-refractivity contribution is 6.24. The molecule has 158 valence electrons. The molecule has 1 fully saturated rings. The van der Waals surface area contributed by atoms with Gasteiger partial charge in [0.05, 0.1) is 19.4 Å². The average Bonchev–Trinajstić information content (AvgIpc) is 2.75. The molecule has 2 aromatic rings. The van der Waals surface area contributed by atoms with Crippen LogP contribution >= 0.6 is 0 Å². The minimum Gasteiger partial charge on any atom is -0.463 e. The third-order valence-corrected chi connectivity index (χ3v) is 4.21. The number of aliphatic imine (C=N–C) groups is 1. The van der Waals surface area contributed by atoms with Crippen molar-refractivity contribution in [1.29, 1.82) is 5.41 Å². The van der Waals surface area contributed by atoms with E-state index in [9.17, 15) is 8.78 Å². The molecule has 0 amide bonds. The maximum absolute atomic E-state index is 14.2. The number of alkyl halides is 1. The summed E-state index contributed by atoms with van der Waals surface area (Å²) in [6, 6.07) is 6.23. The molecule has 0 spiro atoms. The molecule has 1 aliphatic rings. The lowest BCUT2D eigenvalue weighted by atomic mass is 10.0. The van der Waals surface area contributed by atoms with Gasteiger partial charge in [0, 0.05) is 18.7 Å². The van der Waals surface area contributed by atoms with Gasteiger partial charge in [0.25, 0.3) is 0 Å². The van der Waals surface area contributed by atoms with Crippen LogP contribution in [-0.2, 0) is 4.74 Å². The maximum atomic E-state index is 14.2. The first-order chi connectivity index (χ1) is 14.5. The summed E-state index contributed by atoms with van der Waals surface area (Å²) in [5, 5.41) is 7.80. The molecule has 30 heavy (non-hydrogen) atoms. The van der Waals surface area contributed by atoms with Gasteiger partial charge in [0.1, 0.15) is 17.4 Å². The molecule has 1 saturated heterocycles. The zero-order chi connectivity index (χ0) is 21.5.